The molecule has 4 rings (SSSR count). The van der Waals surface area contributed by atoms with Crippen LogP contribution in [0.3, 0.4) is 0 Å². The Morgan fingerprint density at radius 1 is 1.10 bits per heavy atom. The Morgan fingerprint density at radius 2 is 1.86 bits per heavy atom. The van der Waals surface area contributed by atoms with Crippen LogP contribution < -0.4 is 15.5 Å². The van der Waals surface area contributed by atoms with E-state index >= 15 is 0 Å². The quantitative estimate of drug-likeness (QED) is 0.229. The molecule has 0 saturated carbocycles. The van der Waals surface area contributed by atoms with E-state index in [1.807, 2.05) is 56.3 Å². The summed E-state index contributed by atoms with van der Waals surface area (Å²) < 4.78 is 0. The van der Waals surface area contributed by atoms with Gasteiger partial charge in [0, 0.05) is 47.2 Å². The molecule has 224 valence electrons. The summed E-state index contributed by atoms with van der Waals surface area (Å²) >= 11 is 0. The number of aliphatic hydroxyl groups is 1. The first-order valence-corrected chi connectivity index (χ1v) is 14.8. The average molecular weight is 571 g/mol. The number of anilines is 1. The summed E-state index contributed by atoms with van der Waals surface area (Å²) in [7, 11) is 0. The molecule has 2 aromatic carbocycles. The van der Waals surface area contributed by atoms with Gasteiger partial charge in [0.25, 0.3) is 5.91 Å². The maximum Gasteiger partial charge on any atom is 0.251 e. The number of rotatable bonds is 11. The second-order valence-corrected chi connectivity index (χ2v) is 12.8. The number of β-amino-alcohol motifs (C(OH)–C–C–N with tert-alkyl or cyclic N) is 1. The van der Waals surface area contributed by atoms with Crippen LogP contribution >= 0.6 is 0 Å². The van der Waals surface area contributed by atoms with E-state index in [2.05, 4.69) is 61.2 Å². The Bertz CT molecular complexity index is 1440. The van der Waals surface area contributed by atoms with Crippen molar-refractivity contribution in [2.75, 3.05) is 18.0 Å². The number of hydrogen-bond donors (Lipinski definition) is 4. The van der Waals surface area contributed by atoms with Gasteiger partial charge in [0.2, 0.25) is 0 Å². The smallest absolute Gasteiger partial charge is 0.251 e. The van der Waals surface area contributed by atoms with Crippen molar-refractivity contribution in [2.45, 2.75) is 84.9 Å². The molecular formula is C35H46N4O3. The van der Waals surface area contributed by atoms with E-state index in [1.54, 1.807) is 12.3 Å². The molecule has 0 radical (unpaired) electrons. The van der Waals surface area contributed by atoms with Crippen LogP contribution in [0, 0.1) is 13.8 Å². The van der Waals surface area contributed by atoms with Crippen LogP contribution in [0.1, 0.15) is 85.3 Å². The maximum atomic E-state index is 12.9. The van der Waals surface area contributed by atoms with Gasteiger partial charge in [-0.2, -0.15) is 0 Å². The van der Waals surface area contributed by atoms with E-state index < -0.39 is 6.10 Å². The first kappa shape index (κ1) is 31.3. The minimum absolute atomic E-state index is 0.00704. The lowest BCUT2D eigenvalue weighted by Gasteiger charge is -2.34. The highest BCUT2D eigenvalue weighted by atomic mass is 16.3. The SMILES string of the molecule is CC1=CCC(C)(C)N1c1ccc([C@@H](O)CNC(C)(C)Cc2cccc(C(=O)NCCc3ccc(O)c(C)c3C)c2)cn1. The minimum Gasteiger partial charge on any atom is -0.508 e. The Balaban J connectivity index is 1.29. The molecule has 1 aliphatic rings. The lowest BCUT2D eigenvalue weighted by molar-refractivity contribution is 0.0954. The topological polar surface area (TPSA) is 97.7 Å². The molecule has 0 saturated heterocycles. The molecule has 7 nitrogen and oxygen atoms in total. The van der Waals surface area contributed by atoms with Gasteiger partial charge >= 0.3 is 0 Å². The number of pyridine rings is 1. The zero-order valence-electron chi connectivity index (χ0n) is 26.1. The molecule has 4 N–H and O–H groups in total. The van der Waals surface area contributed by atoms with E-state index in [9.17, 15) is 15.0 Å². The molecule has 0 aliphatic carbocycles. The fourth-order valence-electron chi connectivity index (χ4n) is 5.71. The first-order valence-electron chi connectivity index (χ1n) is 14.8. The summed E-state index contributed by atoms with van der Waals surface area (Å²) in [6.07, 6.45) is 5.69. The third-order valence-corrected chi connectivity index (χ3v) is 8.40. The predicted molar refractivity (Wildman–Crippen MR) is 170 cm³/mol. The number of aromatic hydroxyl groups is 1. The second-order valence-electron chi connectivity index (χ2n) is 12.8. The number of phenolic OH excluding ortho intramolecular Hbond substituents is 1. The summed E-state index contributed by atoms with van der Waals surface area (Å²) in [6, 6.07) is 15.3. The number of aromatic nitrogens is 1. The Labute approximate surface area is 250 Å². The molecule has 2 heterocycles. The highest BCUT2D eigenvalue weighted by Crippen LogP contribution is 2.35. The van der Waals surface area contributed by atoms with E-state index in [-0.39, 0.29) is 17.0 Å². The highest BCUT2D eigenvalue weighted by molar-refractivity contribution is 5.94. The molecule has 0 bridgehead atoms. The van der Waals surface area contributed by atoms with Crippen molar-refractivity contribution in [1.29, 1.82) is 0 Å². The number of nitrogens with zero attached hydrogens (tertiary/aromatic N) is 2. The van der Waals surface area contributed by atoms with Crippen LogP contribution in [0.5, 0.6) is 5.75 Å². The monoisotopic (exact) mass is 570 g/mol. The predicted octanol–water partition coefficient (Wildman–Crippen LogP) is 5.91. The van der Waals surface area contributed by atoms with Crippen LogP contribution in [0.15, 0.2) is 66.5 Å². The first-order chi connectivity index (χ1) is 19.8. The number of phenols is 1. The lowest BCUT2D eigenvalue weighted by atomic mass is 9.93. The van der Waals surface area contributed by atoms with Crippen molar-refractivity contribution in [3.63, 3.8) is 0 Å². The van der Waals surface area contributed by atoms with E-state index in [1.165, 1.54) is 5.70 Å². The molecule has 1 aliphatic heterocycles. The van der Waals surface area contributed by atoms with Crippen LogP contribution in [-0.4, -0.2) is 45.3 Å². The maximum absolute atomic E-state index is 12.9. The third kappa shape index (κ3) is 7.39. The van der Waals surface area contributed by atoms with Crippen molar-refractivity contribution in [1.82, 2.24) is 15.6 Å². The number of hydrogen-bond acceptors (Lipinski definition) is 6. The number of nitrogens with one attached hydrogen (secondary N) is 2. The fourth-order valence-corrected chi connectivity index (χ4v) is 5.71. The standard InChI is InChI=1S/C35H46N4O3/c1-23-15-17-35(6,7)39(23)32-14-12-29(21-37-32)31(41)22-38-34(4,5)20-26-9-8-10-28(19-26)33(42)36-18-16-27-11-13-30(40)25(3)24(27)2/h8-15,19,21,31,38,40-41H,16-18,20,22H2,1-7H3,(H,36,42)/t31-/m0/s1. The van der Waals surface area contributed by atoms with Crippen LogP contribution in [0.4, 0.5) is 5.82 Å². The van der Waals surface area contributed by atoms with Crippen molar-refractivity contribution < 1.29 is 15.0 Å². The lowest BCUT2D eigenvalue weighted by Crippen LogP contribution is -2.43. The van der Waals surface area contributed by atoms with Crippen molar-refractivity contribution in [3.8, 4) is 5.75 Å². The Kier molecular flexibility index (Phi) is 9.43. The number of carbonyl (C=O) groups excluding carboxylic acids is 1. The molecule has 1 amide bonds. The van der Waals surface area contributed by atoms with Gasteiger partial charge in [-0.25, -0.2) is 4.98 Å². The fraction of sp³-hybridized carbons (Fsp3) is 0.429. The summed E-state index contributed by atoms with van der Waals surface area (Å²) in [5, 5.41) is 27.3. The van der Waals surface area contributed by atoms with Crippen LogP contribution in [0.2, 0.25) is 0 Å². The number of carbonyl (C=O) groups is 1. The third-order valence-electron chi connectivity index (χ3n) is 8.40. The second kappa shape index (κ2) is 12.7. The van der Waals surface area contributed by atoms with Crippen LogP contribution in [-0.2, 0) is 12.8 Å². The Morgan fingerprint density at radius 3 is 2.52 bits per heavy atom. The summed E-state index contributed by atoms with van der Waals surface area (Å²) in [6.45, 7) is 15.5. The van der Waals surface area contributed by atoms with Gasteiger partial charge in [0.15, 0.2) is 0 Å². The van der Waals surface area contributed by atoms with Gasteiger partial charge in [-0.1, -0.05) is 30.3 Å². The molecule has 3 aromatic rings. The normalized spacial score (nSPS) is 15.4. The number of benzene rings is 2. The molecule has 0 fully saturated rings. The van der Waals surface area contributed by atoms with Gasteiger partial charge in [0.05, 0.1) is 6.10 Å². The van der Waals surface area contributed by atoms with Crippen molar-refractivity contribution in [2.24, 2.45) is 0 Å². The summed E-state index contributed by atoms with van der Waals surface area (Å²) in [4.78, 5) is 19.8. The van der Waals surface area contributed by atoms with Gasteiger partial charge < -0.3 is 25.7 Å². The van der Waals surface area contributed by atoms with Gasteiger partial charge in [-0.05, 0) is 114 Å². The average Bonchev–Trinajstić information content (AvgIpc) is 3.23. The van der Waals surface area contributed by atoms with Gasteiger partial charge in [-0.3, -0.25) is 4.79 Å². The highest BCUT2D eigenvalue weighted by Gasteiger charge is 2.33. The summed E-state index contributed by atoms with van der Waals surface area (Å²) in [5.41, 5.74) is 6.37. The van der Waals surface area contributed by atoms with E-state index in [0.29, 0.717) is 37.2 Å². The van der Waals surface area contributed by atoms with E-state index in [0.717, 1.165) is 40.1 Å². The largest absolute Gasteiger partial charge is 0.508 e. The van der Waals surface area contributed by atoms with Crippen molar-refractivity contribution >= 4 is 11.7 Å². The summed E-state index contributed by atoms with van der Waals surface area (Å²) in [5.74, 6) is 1.08. The molecule has 1 atom stereocenters. The molecule has 0 unspecified atom stereocenters. The Hall–Kier alpha value is -3.68. The van der Waals surface area contributed by atoms with Crippen LogP contribution in [0.25, 0.3) is 0 Å². The minimum atomic E-state index is -0.688. The molecular weight excluding hydrogens is 524 g/mol. The number of allylic oxidation sites excluding steroid dienone is 1. The number of aliphatic hydroxyl groups excluding tert-OH is 1. The van der Waals surface area contributed by atoms with Gasteiger partial charge in [-0.15, -0.1) is 0 Å². The van der Waals surface area contributed by atoms with E-state index in [4.69, 9.17) is 0 Å². The molecule has 1 aromatic heterocycles. The zero-order valence-corrected chi connectivity index (χ0v) is 26.1. The zero-order chi connectivity index (χ0) is 30.7. The molecule has 42 heavy (non-hydrogen) atoms. The van der Waals surface area contributed by atoms with Gasteiger partial charge in [0.1, 0.15) is 11.6 Å². The van der Waals surface area contributed by atoms with Crippen molar-refractivity contribution in [3.05, 3.63) is 99.9 Å². The number of amides is 1. The molecule has 0 spiro atoms. The molecule has 7 heteroatoms.